The number of ether oxygens (including phenoxy) is 1. The lowest BCUT2D eigenvalue weighted by Crippen LogP contribution is -2.34. The first-order valence-electron chi connectivity index (χ1n) is 4.98. The van der Waals surface area contributed by atoms with Gasteiger partial charge in [-0.1, -0.05) is 11.6 Å². The lowest BCUT2D eigenvalue weighted by atomic mass is 10.0. The largest absolute Gasteiger partial charge is 0.506 e. The van der Waals surface area contributed by atoms with Crippen LogP contribution in [0.25, 0.3) is 0 Å². The van der Waals surface area contributed by atoms with E-state index in [1.807, 2.05) is 6.92 Å². The van der Waals surface area contributed by atoms with Crippen molar-refractivity contribution in [3.8, 4) is 5.75 Å². The number of aryl methyl sites for hydroxylation is 1. The van der Waals surface area contributed by atoms with Crippen molar-refractivity contribution >= 4 is 11.6 Å². The highest BCUT2D eigenvalue weighted by Gasteiger charge is 2.18. The quantitative estimate of drug-likeness (QED) is 0.771. The van der Waals surface area contributed by atoms with Crippen LogP contribution in [-0.2, 0) is 4.74 Å². The van der Waals surface area contributed by atoms with Crippen LogP contribution in [0.4, 0.5) is 0 Å². The van der Waals surface area contributed by atoms with Gasteiger partial charge in [0.2, 0.25) is 0 Å². The topological polar surface area (TPSA) is 41.5 Å². The van der Waals surface area contributed by atoms with Crippen LogP contribution < -0.4 is 5.32 Å². The molecule has 0 aliphatic carbocycles. The Labute approximate surface area is 94.0 Å². The number of hydrogen-bond acceptors (Lipinski definition) is 3. The normalized spacial score (nSPS) is 21.6. The summed E-state index contributed by atoms with van der Waals surface area (Å²) in [6, 6.07) is 3.65. The monoisotopic (exact) mass is 227 g/mol. The molecule has 1 aromatic rings. The molecule has 2 N–H and O–H groups in total. The minimum Gasteiger partial charge on any atom is -0.506 e. The van der Waals surface area contributed by atoms with Gasteiger partial charge in [-0.3, -0.25) is 0 Å². The molecular formula is C11H14ClNO2. The molecule has 0 aromatic heterocycles. The Kier molecular flexibility index (Phi) is 3.14. The van der Waals surface area contributed by atoms with Crippen molar-refractivity contribution in [1.82, 2.24) is 5.32 Å². The fourth-order valence-electron chi connectivity index (χ4n) is 1.82. The lowest BCUT2D eigenvalue weighted by Gasteiger charge is -2.25. The molecule has 1 fully saturated rings. The molecule has 2 rings (SSSR count). The van der Waals surface area contributed by atoms with Crippen molar-refractivity contribution in [1.29, 1.82) is 0 Å². The Bertz CT molecular complexity index is 362. The third kappa shape index (κ3) is 2.25. The van der Waals surface area contributed by atoms with Crippen LogP contribution in [-0.4, -0.2) is 24.9 Å². The number of morpholine rings is 1. The zero-order valence-corrected chi connectivity index (χ0v) is 9.34. The van der Waals surface area contributed by atoms with Crippen LogP contribution in [0, 0.1) is 6.92 Å². The summed E-state index contributed by atoms with van der Waals surface area (Å²) in [5, 5.41) is 13.3. The Morgan fingerprint density at radius 3 is 3.00 bits per heavy atom. The number of rotatable bonds is 1. The lowest BCUT2D eigenvalue weighted by molar-refractivity contribution is 0.0766. The number of benzene rings is 1. The molecule has 1 aliphatic rings. The van der Waals surface area contributed by atoms with E-state index < -0.39 is 0 Å². The van der Waals surface area contributed by atoms with Gasteiger partial charge in [-0.2, -0.15) is 0 Å². The summed E-state index contributed by atoms with van der Waals surface area (Å²) in [5.41, 5.74) is 2.12. The second-order valence-corrected chi connectivity index (χ2v) is 4.15. The van der Waals surface area contributed by atoms with Crippen LogP contribution in [0.15, 0.2) is 12.1 Å². The van der Waals surface area contributed by atoms with Gasteiger partial charge >= 0.3 is 0 Å². The zero-order chi connectivity index (χ0) is 10.8. The molecular weight excluding hydrogens is 214 g/mol. The van der Waals surface area contributed by atoms with Gasteiger partial charge in [-0.15, -0.1) is 0 Å². The van der Waals surface area contributed by atoms with Gasteiger partial charge in [-0.05, 0) is 30.2 Å². The van der Waals surface area contributed by atoms with E-state index in [1.54, 1.807) is 12.1 Å². The molecule has 0 saturated carbocycles. The van der Waals surface area contributed by atoms with Gasteiger partial charge in [0, 0.05) is 6.54 Å². The first-order chi connectivity index (χ1) is 7.18. The molecule has 1 atom stereocenters. The third-order valence-corrected chi connectivity index (χ3v) is 2.94. The standard InChI is InChI=1S/C11H14ClNO2/c1-7-4-9(12)11(14)5-8(7)10-6-15-3-2-13-10/h4-5,10,13-14H,2-3,6H2,1H3. The van der Waals surface area contributed by atoms with Crippen LogP contribution in [0.5, 0.6) is 5.75 Å². The second kappa shape index (κ2) is 4.39. The highest BCUT2D eigenvalue weighted by Crippen LogP contribution is 2.30. The second-order valence-electron chi connectivity index (χ2n) is 3.74. The van der Waals surface area contributed by atoms with Crippen LogP contribution in [0.3, 0.4) is 0 Å². The van der Waals surface area contributed by atoms with Crippen LogP contribution >= 0.6 is 11.6 Å². The van der Waals surface area contributed by atoms with E-state index in [2.05, 4.69) is 5.32 Å². The SMILES string of the molecule is Cc1cc(Cl)c(O)cc1C1COCCN1. The van der Waals surface area contributed by atoms with Crippen molar-refractivity contribution in [2.24, 2.45) is 0 Å². The van der Waals surface area contributed by atoms with E-state index in [-0.39, 0.29) is 11.8 Å². The number of nitrogens with one attached hydrogen (secondary N) is 1. The number of phenols is 1. The van der Waals surface area contributed by atoms with Crippen molar-refractivity contribution in [2.75, 3.05) is 19.8 Å². The molecule has 1 unspecified atom stereocenters. The Morgan fingerprint density at radius 1 is 1.53 bits per heavy atom. The average molecular weight is 228 g/mol. The summed E-state index contributed by atoms with van der Waals surface area (Å²) in [4.78, 5) is 0. The highest BCUT2D eigenvalue weighted by atomic mass is 35.5. The summed E-state index contributed by atoms with van der Waals surface area (Å²) >= 11 is 5.82. The summed E-state index contributed by atoms with van der Waals surface area (Å²) in [6.45, 7) is 4.21. The molecule has 3 nitrogen and oxygen atoms in total. The maximum absolute atomic E-state index is 9.55. The summed E-state index contributed by atoms with van der Waals surface area (Å²) < 4.78 is 5.38. The molecule has 0 amide bonds. The van der Waals surface area contributed by atoms with E-state index in [0.29, 0.717) is 11.6 Å². The minimum absolute atomic E-state index is 0.129. The molecule has 1 aromatic carbocycles. The molecule has 1 heterocycles. The van der Waals surface area contributed by atoms with E-state index in [4.69, 9.17) is 16.3 Å². The fraction of sp³-hybridized carbons (Fsp3) is 0.455. The van der Waals surface area contributed by atoms with Crippen LogP contribution in [0.1, 0.15) is 17.2 Å². The third-order valence-electron chi connectivity index (χ3n) is 2.63. The van der Waals surface area contributed by atoms with Gasteiger partial charge in [0.05, 0.1) is 24.3 Å². The Morgan fingerprint density at radius 2 is 2.33 bits per heavy atom. The number of hydrogen-bond donors (Lipinski definition) is 2. The van der Waals surface area contributed by atoms with Gasteiger partial charge in [0.25, 0.3) is 0 Å². The van der Waals surface area contributed by atoms with E-state index in [0.717, 1.165) is 24.3 Å². The summed E-state index contributed by atoms with van der Waals surface area (Å²) in [7, 11) is 0. The molecule has 15 heavy (non-hydrogen) atoms. The number of halogens is 1. The number of phenolic OH excluding ortho intramolecular Hbond substituents is 1. The number of aromatic hydroxyl groups is 1. The smallest absolute Gasteiger partial charge is 0.134 e. The van der Waals surface area contributed by atoms with Crippen molar-refractivity contribution < 1.29 is 9.84 Å². The Hall–Kier alpha value is -0.770. The predicted molar refractivity (Wildman–Crippen MR) is 59.4 cm³/mol. The maximum Gasteiger partial charge on any atom is 0.134 e. The highest BCUT2D eigenvalue weighted by molar-refractivity contribution is 6.32. The summed E-state index contributed by atoms with van der Waals surface area (Å²) in [5.74, 6) is 0.129. The van der Waals surface area contributed by atoms with Gasteiger partial charge < -0.3 is 15.2 Å². The molecule has 4 heteroatoms. The van der Waals surface area contributed by atoms with Crippen LogP contribution in [0.2, 0.25) is 5.02 Å². The molecule has 0 bridgehead atoms. The first-order valence-corrected chi connectivity index (χ1v) is 5.36. The first kappa shape index (κ1) is 10.7. The van der Waals surface area contributed by atoms with Crippen molar-refractivity contribution in [2.45, 2.75) is 13.0 Å². The maximum atomic E-state index is 9.55. The van der Waals surface area contributed by atoms with E-state index in [9.17, 15) is 5.11 Å². The average Bonchev–Trinajstić information content (AvgIpc) is 2.25. The molecule has 1 saturated heterocycles. The van der Waals surface area contributed by atoms with Gasteiger partial charge in [0.15, 0.2) is 0 Å². The minimum atomic E-state index is 0.129. The van der Waals surface area contributed by atoms with E-state index in [1.165, 1.54) is 0 Å². The predicted octanol–water partition coefficient (Wildman–Crippen LogP) is 2.01. The molecule has 82 valence electrons. The molecule has 0 radical (unpaired) electrons. The molecule has 1 aliphatic heterocycles. The molecule has 0 spiro atoms. The van der Waals surface area contributed by atoms with E-state index >= 15 is 0 Å². The van der Waals surface area contributed by atoms with Gasteiger partial charge in [-0.25, -0.2) is 0 Å². The fourth-order valence-corrected chi connectivity index (χ4v) is 2.04. The van der Waals surface area contributed by atoms with Gasteiger partial charge in [0.1, 0.15) is 5.75 Å². The Balaban J connectivity index is 2.30. The van der Waals surface area contributed by atoms with Crippen molar-refractivity contribution in [3.05, 3.63) is 28.3 Å². The van der Waals surface area contributed by atoms with Crippen molar-refractivity contribution in [3.63, 3.8) is 0 Å². The zero-order valence-electron chi connectivity index (χ0n) is 8.59. The summed E-state index contributed by atoms with van der Waals surface area (Å²) in [6.07, 6.45) is 0.